The van der Waals surface area contributed by atoms with E-state index in [1.54, 1.807) is 24.5 Å². The van der Waals surface area contributed by atoms with Crippen molar-refractivity contribution in [2.45, 2.75) is 40.2 Å². The standard InChI is InChI=1S/C22H26N6O/c1-4-19-21(14-28(27-19)13-15(2)3)29-20-9-16(10-24)5-6-18(20)22-25-11-17(7-8-23)12-26-22/h5-6,9,11-12,14-15H,4,7-8,13,23H2,1-3H3. The summed E-state index contributed by atoms with van der Waals surface area (Å²) in [5.41, 5.74) is 8.69. The highest BCUT2D eigenvalue weighted by atomic mass is 16.5. The fourth-order valence-electron chi connectivity index (χ4n) is 3.01. The Morgan fingerprint density at radius 3 is 2.59 bits per heavy atom. The minimum atomic E-state index is 0.477. The minimum Gasteiger partial charge on any atom is -0.453 e. The lowest BCUT2D eigenvalue weighted by Gasteiger charge is -2.11. The number of benzene rings is 1. The van der Waals surface area contributed by atoms with Crippen LogP contribution in [0.5, 0.6) is 11.5 Å². The maximum absolute atomic E-state index is 9.32. The molecule has 0 bridgehead atoms. The Morgan fingerprint density at radius 2 is 1.97 bits per heavy atom. The Bertz CT molecular complexity index is 1000. The van der Waals surface area contributed by atoms with Crippen molar-refractivity contribution in [2.75, 3.05) is 6.54 Å². The topological polar surface area (TPSA) is 103 Å². The van der Waals surface area contributed by atoms with E-state index in [1.165, 1.54) is 0 Å². The first-order valence-corrected chi connectivity index (χ1v) is 9.83. The van der Waals surface area contributed by atoms with Crippen LogP contribution in [0.1, 0.15) is 37.6 Å². The molecule has 2 aromatic heterocycles. The monoisotopic (exact) mass is 390 g/mol. The summed E-state index contributed by atoms with van der Waals surface area (Å²) < 4.78 is 8.14. The molecule has 0 atom stereocenters. The number of rotatable bonds is 8. The molecule has 2 heterocycles. The lowest BCUT2D eigenvalue weighted by atomic mass is 10.1. The third kappa shape index (κ3) is 4.98. The Labute approximate surface area is 171 Å². The highest BCUT2D eigenvalue weighted by Crippen LogP contribution is 2.34. The van der Waals surface area contributed by atoms with E-state index in [-0.39, 0.29) is 0 Å². The molecule has 2 N–H and O–H groups in total. The van der Waals surface area contributed by atoms with Gasteiger partial charge in [-0.1, -0.05) is 20.8 Å². The van der Waals surface area contributed by atoms with Crippen LogP contribution in [0.3, 0.4) is 0 Å². The smallest absolute Gasteiger partial charge is 0.168 e. The molecule has 0 unspecified atom stereocenters. The van der Waals surface area contributed by atoms with E-state index in [1.807, 2.05) is 23.9 Å². The van der Waals surface area contributed by atoms with Gasteiger partial charge < -0.3 is 10.5 Å². The first-order chi connectivity index (χ1) is 14.0. The van der Waals surface area contributed by atoms with E-state index >= 15 is 0 Å². The van der Waals surface area contributed by atoms with Crippen LogP contribution in [0.25, 0.3) is 11.4 Å². The van der Waals surface area contributed by atoms with Crippen LogP contribution in [0.15, 0.2) is 36.8 Å². The van der Waals surface area contributed by atoms with Gasteiger partial charge in [-0.25, -0.2) is 9.97 Å². The van der Waals surface area contributed by atoms with Gasteiger partial charge in [-0.15, -0.1) is 0 Å². The molecule has 150 valence electrons. The van der Waals surface area contributed by atoms with Gasteiger partial charge in [-0.3, -0.25) is 4.68 Å². The highest BCUT2D eigenvalue weighted by molar-refractivity contribution is 5.66. The van der Waals surface area contributed by atoms with Crippen molar-refractivity contribution in [3.8, 4) is 29.0 Å². The average molecular weight is 390 g/mol. The van der Waals surface area contributed by atoms with Crippen LogP contribution in [0, 0.1) is 17.2 Å². The van der Waals surface area contributed by atoms with E-state index in [9.17, 15) is 5.26 Å². The van der Waals surface area contributed by atoms with E-state index in [4.69, 9.17) is 10.5 Å². The molecular formula is C22H26N6O. The number of hydrogen-bond donors (Lipinski definition) is 1. The van der Waals surface area contributed by atoms with Gasteiger partial charge in [0.1, 0.15) is 11.4 Å². The summed E-state index contributed by atoms with van der Waals surface area (Å²) in [4.78, 5) is 8.92. The average Bonchev–Trinajstić information content (AvgIpc) is 3.09. The molecule has 29 heavy (non-hydrogen) atoms. The molecule has 0 aliphatic carbocycles. The van der Waals surface area contributed by atoms with Crippen LogP contribution in [0.2, 0.25) is 0 Å². The zero-order chi connectivity index (χ0) is 20.8. The molecule has 1 aromatic carbocycles. The Morgan fingerprint density at radius 1 is 1.21 bits per heavy atom. The lowest BCUT2D eigenvalue weighted by molar-refractivity contribution is 0.468. The molecule has 7 heteroatoms. The summed E-state index contributed by atoms with van der Waals surface area (Å²) in [6.45, 7) is 7.70. The lowest BCUT2D eigenvalue weighted by Crippen LogP contribution is -2.04. The fourth-order valence-corrected chi connectivity index (χ4v) is 3.01. The summed E-state index contributed by atoms with van der Waals surface area (Å²) >= 11 is 0. The second-order valence-electron chi connectivity index (χ2n) is 7.29. The molecule has 0 saturated carbocycles. The summed E-state index contributed by atoms with van der Waals surface area (Å²) in [6.07, 6.45) is 6.93. The maximum atomic E-state index is 9.32. The van der Waals surface area contributed by atoms with Gasteiger partial charge in [0.25, 0.3) is 0 Å². The fraction of sp³-hybridized carbons (Fsp3) is 0.364. The van der Waals surface area contributed by atoms with Crippen LogP contribution in [0.4, 0.5) is 0 Å². The second kappa shape index (κ2) is 9.30. The molecule has 0 aliphatic rings. The number of aromatic nitrogens is 4. The Hall–Kier alpha value is -3.24. The largest absolute Gasteiger partial charge is 0.453 e. The highest BCUT2D eigenvalue weighted by Gasteiger charge is 2.16. The van der Waals surface area contributed by atoms with Crippen LogP contribution >= 0.6 is 0 Å². The number of nitriles is 1. The van der Waals surface area contributed by atoms with Gasteiger partial charge in [0.2, 0.25) is 0 Å². The predicted molar refractivity (Wildman–Crippen MR) is 111 cm³/mol. The van der Waals surface area contributed by atoms with Gasteiger partial charge in [0.05, 0.1) is 23.4 Å². The van der Waals surface area contributed by atoms with Crippen molar-refractivity contribution in [3.63, 3.8) is 0 Å². The van der Waals surface area contributed by atoms with Gasteiger partial charge in [-0.2, -0.15) is 10.4 Å². The number of ether oxygens (including phenoxy) is 1. The van der Waals surface area contributed by atoms with Gasteiger partial charge >= 0.3 is 0 Å². The van der Waals surface area contributed by atoms with Gasteiger partial charge in [0, 0.05) is 18.9 Å². The van der Waals surface area contributed by atoms with E-state index < -0.39 is 0 Å². The molecule has 0 aliphatic heterocycles. The summed E-state index contributed by atoms with van der Waals surface area (Å²) in [6, 6.07) is 7.43. The number of nitrogens with two attached hydrogens (primary N) is 1. The number of nitrogens with zero attached hydrogens (tertiary/aromatic N) is 5. The molecule has 3 rings (SSSR count). The third-order valence-corrected chi connectivity index (χ3v) is 4.40. The Kier molecular flexibility index (Phi) is 6.57. The van der Waals surface area contributed by atoms with Crippen LogP contribution in [-0.4, -0.2) is 26.3 Å². The molecule has 0 radical (unpaired) electrons. The molecule has 0 amide bonds. The predicted octanol–water partition coefficient (Wildman–Crippen LogP) is 3.72. The summed E-state index contributed by atoms with van der Waals surface area (Å²) in [5.74, 6) is 2.24. The quantitative estimate of drug-likeness (QED) is 0.629. The SMILES string of the molecule is CCc1nn(CC(C)C)cc1Oc1cc(C#N)ccc1-c1ncc(CCN)cn1. The molecule has 3 aromatic rings. The molecular weight excluding hydrogens is 364 g/mol. The normalized spacial score (nSPS) is 10.9. The van der Waals surface area contributed by atoms with Crippen molar-refractivity contribution in [1.29, 1.82) is 5.26 Å². The first-order valence-electron chi connectivity index (χ1n) is 9.83. The third-order valence-electron chi connectivity index (χ3n) is 4.40. The minimum absolute atomic E-state index is 0.477. The van der Waals surface area contributed by atoms with Crippen LogP contribution in [-0.2, 0) is 19.4 Å². The van der Waals surface area contributed by atoms with Gasteiger partial charge in [-0.05, 0) is 49.1 Å². The molecule has 0 spiro atoms. The van der Waals surface area contributed by atoms with Crippen molar-refractivity contribution in [2.24, 2.45) is 11.7 Å². The van der Waals surface area contributed by atoms with Crippen molar-refractivity contribution >= 4 is 0 Å². The van der Waals surface area contributed by atoms with E-state index in [2.05, 4.69) is 35.0 Å². The van der Waals surface area contributed by atoms with E-state index in [0.717, 1.165) is 36.2 Å². The maximum Gasteiger partial charge on any atom is 0.168 e. The van der Waals surface area contributed by atoms with Crippen molar-refractivity contribution in [1.82, 2.24) is 19.7 Å². The summed E-state index contributed by atoms with van der Waals surface area (Å²) in [5, 5.41) is 13.9. The molecule has 7 nitrogen and oxygen atoms in total. The first kappa shape index (κ1) is 20.5. The number of aryl methyl sites for hydroxylation is 1. The van der Waals surface area contributed by atoms with Crippen molar-refractivity contribution in [3.05, 3.63) is 53.6 Å². The molecule has 0 saturated heterocycles. The zero-order valence-electron chi connectivity index (χ0n) is 17.1. The molecule has 0 fully saturated rings. The Balaban J connectivity index is 1.98. The zero-order valence-corrected chi connectivity index (χ0v) is 17.1. The van der Waals surface area contributed by atoms with Crippen LogP contribution < -0.4 is 10.5 Å². The van der Waals surface area contributed by atoms with Crippen molar-refractivity contribution < 1.29 is 4.74 Å². The van der Waals surface area contributed by atoms with E-state index in [0.29, 0.717) is 35.3 Å². The summed E-state index contributed by atoms with van der Waals surface area (Å²) in [7, 11) is 0. The van der Waals surface area contributed by atoms with Gasteiger partial charge in [0.15, 0.2) is 11.6 Å². The second-order valence-corrected chi connectivity index (χ2v) is 7.29. The number of hydrogen-bond acceptors (Lipinski definition) is 6.